The molecule has 8 heteroatoms. The molecule has 1 unspecified atom stereocenters. The summed E-state index contributed by atoms with van der Waals surface area (Å²) >= 11 is 0. The van der Waals surface area contributed by atoms with Crippen molar-refractivity contribution >= 4 is 21.8 Å². The van der Waals surface area contributed by atoms with Gasteiger partial charge in [0.15, 0.2) is 0 Å². The van der Waals surface area contributed by atoms with Crippen LogP contribution in [0.3, 0.4) is 0 Å². The number of amides is 2. The first kappa shape index (κ1) is 17.2. The second-order valence-corrected chi connectivity index (χ2v) is 8.54. The van der Waals surface area contributed by atoms with E-state index >= 15 is 0 Å². The van der Waals surface area contributed by atoms with Crippen molar-refractivity contribution in [3.8, 4) is 0 Å². The van der Waals surface area contributed by atoms with E-state index in [9.17, 15) is 18.0 Å². The number of nitrogens with zero attached hydrogens (tertiary/aromatic N) is 2. The highest BCUT2D eigenvalue weighted by Gasteiger charge is 2.34. The van der Waals surface area contributed by atoms with Crippen molar-refractivity contribution in [3.05, 3.63) is 0 Å². The summed E-state index contributed by atoms with van der Waals surface area (Å²) in [7, 11) is -3.12. The van der Waals surface area contributed by atoms with Crippen molar-refractivity contribution in [1.29, 1.82) is 0 Å². The van der Waals surface area contributed by atoms with Gasteiger partial charge >= 0.3 is 0 Å². The molecule has 2 heterocycles. The lowest BCUT2D eigenvalue weighted by molar-refractivity contribution is -0.129. The fourth-order valence-electron chi connectivity index (χ4n) is 2.96. The molecule has 0 aromatic heterocycles. The molecule has 0 bridgehead atoms. The highest BCUT2D eigenvalue weighted by atomic mass is 32.2. The molecule has 2 amide bonds. The third kappa shape index (κ3) is 4.19. The van der Waals surface area contributed by atoms with E-state index in [4.69, 9.17) is 0 Å². The van der Waals surface area contributed by atoms with E-state index in [-0.39, 0.29) is 29.9 Å². The van der Waals surface area contributed by atoms with Gasteiger partial charge in [-0.05, 0) is 12.3 Å². The van der Waals surface area contributed by atoms with Gasteiger partial charge in [-0.15, -0.1) is 0 Å². The first-order valence-electron chi connectivity index (χ1n) is 7.83. The van der Waals surface area contributed by atoms with Crippen LogP contribution in [0, 0.1) is 11.8 Å². The van der Waals surface area contributed by atoms with Gasteiger partial charge in [-0.25, -0.2) is 12.7 Å². The number of nitrogens with one attached hydrogen (secondary N) is 1. The Morgan fingerprint density at radius 2 is 2.14 bits per heavy atom. The number of hydrogen-bond donors (Lipinski definition) is 1. The second kappa shape index (κ2) is 6.95. The van der Waals surface area contributed by atoms with Gasteiger partial charge in [-0.2, -0.15) is 0 Å². The Morgan fingerprint density at radius 3 is 2.73 bits per heavy atom. The van der Waals surface area contributed by atoms with Gasteiger partial charge in [0.05, 0.1) is 11.7 Å². The minimum absolute atomic E-state index is 0.0240. The molecule has 0 saturated carbocycles. The summed E-state index contributed by atoms with van der Waals surface area (Å²) in [4.78, 5) is 25.7. The molecular formula is C14H25N3O4S. The van der Waals surface area contributed by atoms with E-state index in [1.54, 1.807) is 4.90 Å². The highest BCUT2D eigenvalue weighted by molar-refractivity contribution is 7.89. The van der Waals surface area contributed by atoms with E-state index in [1.807, 2.05) is 13.8 Å². The molecule has 1 atom stereocenters. The van der Waals surface area contributed by atoms with Crippen LogP contribution in [-0.4, -0.2) is 67.9 Å². The zero-order valence-corrected chi connectivity index (χ0v) is 14.1. The summed E-state index contributed by atoms with van der Waals surface area (Å²) in [5.41, 5.74) is 0. The van der Waals surface area contributed by atoms with Crippen LogP contribution in [0.5, 0.6) is 0 Å². The zero-order chi connectivity index (χ0) is 16.3. The van der Waals surface area contributed by atoms with E-state index in [1.165, 1.54) is 4.31 Å². The molecule has 2 saturated heterocycles. The molecule has 0 aromatic carbocycles. The number of carbonyl (C=O) groups excluding carboxylic acids is 2. The first-order valence-corrected chi connectivity index (χ1v) is 9.44. The Bertz CT molecular complexity index is 532. The van der Waals surface area contributed by atoms with Gasteiger partial charge in [0.1, 0.15) is 0 Å². The normalized spacial score (nSPS) is 25.1. The summed E-state index contributed by atoms with van der Waals surface area (Å²) < 4.78 is 24.7. The standard InChI is InChI=1S/C14H25N3O4S/c1-11(2)9-16-10-12(8-13(16)18)14(19)15-4-6-17-5-3-7-22(17,20)21/h11-12H,3-10H2,1-2H3,(H,15,19). The summed E-state index contributed by atoms with van der Waals surface area (Å²) in [5, 5.41) is 2.76. The van der Waals surface area contributed by atoms with Crippen LogP contribution in [0.1, 0.15) is 26.7 Å². The topological polar surface area (TPSA) is 86.8 Å². The molecule has 22 heavy (non-hydrogen) atoms. The summed E-state index contributed by atoms with van der Waals surface area (Å²) in [6, 6.07) is 0. The minimum atomic E-state index is -3.12. The fourth-order valence-corrected chi connectivity index (χ4v) is 4.48. The second-order valence-electron chi connectivity index (χ2n) is 6.45. The highest BCUT2D eigenvalue weighted by Crippen LogP contribution is 2.19. The Kier molecular flexibility index (Phi) is 5.44. The van der Waals surface area contributed by atoms with Crippen molar-refractivity contribution in [1.82, 2.24) is 14.5 Å². The smallest absolute Gasteiger partial charge is 0.225 e. The number of rotatable bonds is 6. The fraction of sp³-hybridized carbons (Fsp3) is 0.857. The predicted octanol–water partition coefficient (Wildman–Crippen LogP) is -0.357. The van der Waals surface area contributed by atoms with Crippen molar-refractivity contribution < 1.29 is 18.0 Å². The van der Waals surface area contributed by atoms with E-state index in [0.717, 1.165) is 0 Å². The SMILES string of the molecule is CC(C)CN1CC(C(=O)NCCN2CCCS2(=O)=O)CC1=O. The van der Waals surface area contributed by atoms with Crippen molar-refractivity contribution in [3.63, 3.8) is 0 Å². The van der Waals surface area contributed by atoms with Gasteiger partial charge in [-0.1, -0.05) is 13.8 Å². The maximum atomic E-state index is 12.1. The third-order valence-corrected chi connectivity index (χ3v) is 5.99. The van der Waals surface area contributed by atoms with Crippen LogP contribution in [0.4, 0.5) is 0 Å². The molecule has 2 fully saturated rings. The molecule has 2 aliphatic heterocycles. The van der Waals surface area contributed by atoms with Crippen LogP contribution in [0.25, 0.3) is 0 Å². The Hall–Kier alpha value is -1.15. The quantitative estimate of drug-likeness (QED) is 0.720. The zero-order valence-electron chi connectivity index (χ0n) is 13.2. The lowest BCUT2D eigenvalue weighted by atomic mass is 10.1. The molecule has 1 N–H and O–H groups in total. The Labute approximate surface area is 132 Å². The Morgan fingerprint density at radius 1 is 1.41 bits per heavy atom. The largest absolute Gasteiger partial charge is 0.354 e. The monoisotopic (exact) mass is 331 g/mol. The molecule has 7 nitrogen and oxygen atoms in total. The van der Waals surface area contributed by atoms with Crippen LogP contribution in [0.15, 0.2) is 0 Å². The molecule has 0 aliphatic carbocycles. The average Bonchev–Trinajstić information content (AvgIpc) is 2.93. The maximum Gasteiger partial charge on any atom is 0.225 e. The van der Waals surface area contributed by atoms with Crippen LogP contribution in [0.2, 0.25) is 0 Å². The van der Waals surface area contributed by atoms with E-state index in [2.05, 4.69) is 5.32 Å². The number of likely N-dealkylation sites (tertiary alicyclic amines) is 1. The van der Waals surface area contributed by atoms with E-state index in [0.29, 0.717) is 45.1 Å². The summed E-state index contributed by atoms with van der Waals surface area (Å²) in [5.74, 6) is 0.127. The summed E-state index contributed by atoms with van der Waals surface area (Å²) in [6.45, 7) is 6.35. The van der Waals surface area contributed by atoms with Crippen LogP contribution >= 0.6 is 0 Å². The number of hydrogen-bond acceptors (Lipinski definition) is 4. The molecule has 126 valence electrons. The van der Waals surface area contributed by atoms with Gasteiger partial charge < -0.3 is 10.2 Å². The molecule has 0 aromatic rings. The number of sulfonamides is 1. The third-order valence-electron chi connectivity index (χ3n) is 4.03. The van der Waals surface area contributed by atoms with Crippen LogP contribution < -0.4 is 5.32 Å². The van der Waals surface area contributed by atoms with Crippen molar-refractivity contribution in [2.24, 2.45) is 11.8 Å². The van der Waals surface area contributed by atoms with Crippen molar-refractivity contribution in [2.75, 3.05) is 38.5 Å². The average molecular weight is 331 g/mol. The molecular weight excluding hydrogens is 306 g/mol. The lowest BCUT2D eigenvalue weighted by Gasteiger charge is -2.19. The van der Waals surface area contributed by atoms with Gasteiger partial charge in [0.25, 0.3) is 0 Å². The number of carbonyl (C=O) groups is 2. The summed E-state index contributed by atoms with van der Waals surface area (Å²) in [6.07, 6.45) is 0.901. The predicted molar refractivity (Wildman–Crippen MR) is 82.5 cm³/mol. The van der Waals surface area contributed by atoms with Gasteiger partial charge in [0.2, 0.25) is 21.8 Å². The van der Waals surface area contributed by atoms with E-state index < -0.39 is 10.0 Å². The van der Waals surface area contributed by atoms with Crippen LogP contribution in [-0.2, 0) is 19.6 Å². The molecule has 0 radical (unpaired) electrons. The minimum Gasteiger partial charge on any atom is -0.354 e. The molecule has 2 rings (SSSR count). The van der Waals surface area contributed by atoms with Crippen molar-refractivity contribution in [2.45, 2.75) is 26.7 Å². The lowest BCUT2D eigenvalue weighted by Crippen LogP contribution is -2.39. The molecule has 0 spiro atoms. The van der Waals surface area contributed by atoms with Gasteiger partial charge in [0, 0.05) is 39.1 Å². The maximum absolute atomic E-state index is 12.1. The molecule has 2 aliphatic rings. The van der Waals surface area contributed by atoms with Gasteiger partial charge in [-0.3, -0.25) is 9.59 Å². The Balaban J connectivity index is 1.75. The first-order chi connectivity index (χ1) is 10.3.